The number of rotatable bonds is 5. The minimum Gasteiger partial charge on any atom is -0.352 e. The SMILES string of the molecule is CCCC=Cc1ccccc1C(=O)NCC. The quantitative estimate of drug-likeness (QED) is 0.806. The van der Waals surface area contributed by atoms with Gasteiger partial charge in [0.2, 0.25) is 0 Å². The van der Waals surface area contributed by atoms with Crippen LogP contribution in [0.1, 0.15) is 42.6 Å². The number of carbonyl (C=O) groups excluding carboxylic acids is 1. The Kier molecular flexibility index (Phi) is 5.34. The van der Waals surface area contributed by atoms with Crippen LogP contribution in [-0.4, -0.2) is 12.5 Å². The van der Waals surface area contributed by atoms with Gasteiger partial charge in [0.25, 0.3) is 5.91 Å². The molecule has 1 aromatic carbocycles. The van der Waals surface area contributed by atoms with Gasteiger partial charge in [-0.05, 0) is 25.0 Å². The fourth-order valence-corrected chi connectivity index (χ4v) is 1.48. The number of hydrogen-bond donors (Lipinski definition) is 1. The van der Waals surface area contributed by atoms with Gasteiger partial charge in [-0.3, -0.25) is 4.79 Å². The third-order valence-corrected chi connectivity index (χ3v) is 2.30. The molecular weight excluding hydrogens is 198 g/mol. The van der Waals surface area contributed by atoms with Crippen molar-refractivity contribution in [2.24, 2.45) is 0 Å². The molecule has 16 heavy (non-hydrogen) atoms. The second-order valence-electron chi connectivity index (χ2n) is 3.64. The highest BCUT2D eigenvalue weighted by atomic mass is 16.1. The van der Waals surface area contributed by atoms with Crippen LogP contribution in [0.3, 0.4) is 0 Å². The van der Waals surface area contributed by atoms with Crippen molar-refractivity contribution in [1.29, 1.82) is 0 Å². The molecule has 0 aliphatic carbocycles. The van der Waals surface area contributed by atoms with Crippen molar-refractivity contribution in [3.63, 3.8) is 0 Å². The average molecular weight is 217 g/mol. The van der Waals surface area contributed by atoms with Crippen molar-refractivity contribution in [3.05, 3.63) is 41.5 Å². The summed E-state index contributed by atoms with van der Waals surface area (Å²) in [6.45, 7) is 4.72. The summed E-state index contributed by atoms with van der Waals surface area (Å²) in [5.41, 5.74) is 1.73. The lowest BCUT2D eigenvalue weighted by molar-refractivity contribution is 0.0955. The molecule has 0 radical (unpaired) electrons. The van der Waals surface area contributed by atoms with Gasteiger partial charge >= 0.3 is 0 Å². The molecule has 0 unspecified atom stereocenters. The van der Waals surface area contributed by atoms with Gasteiger partial charge in [0.1, 0.15) is 0 Å². The molecular formula is C14H19NO. The topological polar surface area (TPSA) is 29.1 Å². The summed E-state index contributed by atoms with van der Waals surface area (Å²) >= 11 is 0. The normalized spacial score (nSPS) is 10.6. The van der Waals surface area contributed by atoms with Crippen LogP contribution in [0.15, 0.2) is 30.3 Å². The second-order valence-corrected chi connectivity index (χ2v) is 3.64. The zero-order valence-corrected chi connectivity index (χ0v) is 9.99. The van der Waals surface area contributed by atoms with E-state index < -0.39 is 0 Å². The monoisotopic (exact) mass is 217 g/mol. The first-order valence-electron chi connectivity index (χ1n) is 5.83. The molecule has 0 saturated heterocycles. The van der Waals surface area contributed by atoms with Crippen molar-refractivity contribution < 1.29 is 4.79 Å². The molecule has 0 heterocycles. The Morgan fingerprint density at radius 1 is 1.31 bits per heavy atom. The highest BCUT2D eigenvalue weighted by molar-refractivity contribution is 5.97. The summed E-state index contributed by atoms with van der Waals surface area (Å²) in [7, 11) is 0. The molecule has 0 aliphatic rings. The van der Waals surface area contributed by atoms with E-state index in [9.17, 15) is 4.79 Å². The predicted octanol–water partition coefficient (Wildman–Crippen LogP) is 3.25. The smallest absolute Gasteiger partial charge is 0.251 e. The van der Waals surface area contributed by atoms with Gasteiger partial charge in [-0.1, -0.05) is 43.7 Å². The number of allylic oxidation sites excluding steroid dienone is 1. The minimum absolute atomic E-state index is 0.000696. The van der Waals surface area contributed by atoms with E-state index in [1.807, 2.05) is 37.3 Å². The molecule has 0 aromatic heterocycles. The van der Waals surface area contributed by atoms with Crippen molar-refractivity contribution >= 4 is 12.0 Å². The molecule has 1 rings (SSSR count). The maximum absolute atomic E-state index is 11.8. The molecule has 2 heteroatoms. The van der Waals surface area contributed by atoms with Gasteiger partial charge in [0.15, 0.2) is 0 Å². The fraction of sp³-hybridized carbons (Fsp3) is 0.357. The molecule has 1 N–H and O–H groups in total. The van der Waals surface area contributed by atoms with Crippen LogP contribution in [0.25, 0.3) is 6.08 Å². The highest BCUT2D eigenvalue weighted by Gasteiger charge is 2.06. The second kappa shape index (κ2) is 6.83. The number of hydrogen-bond acceptors (Lipinski definition) is 1. The third kappa shape index (κ3) is 3.54. The van der Waals surface area contributed by atoms with Gasteiger partial charge in [-0.2, -0.15) is 0 Å². The minimum atomic E-state index is -0.000696. The Hall–Kier alpha value is -1.57. The first-order chi connectivity index (χ1) is 7.79. The molecule has 1 amide bonds. The Bertz CT molecular complexity index is 369. The van der Waals surface area contributed by atoms with E-state index in [-0.39, 0.29) is 5.91 Å². The van der Waals surface area contributed by atoms with E-state index >= 15 is 0 Å². The van der Waals surface area contributed by atoms with E-state index in [4.69, 9.17) is 0 Å². The lowest BCUT2D eigenvalue weighted by Gasteiger charge is -2.05. The zero-order valence-electron chi connectivity index (χ0n) is 9.99. The molecule has 0 aliphatic heterocycles. The van der Waals surface area contributed by atoms with E-state index in [1.54, 1.807) is 0 Å². The number of benzene rings is 1. The van der Waals surface area contributed by atoms with Crippen LogP contribution in [0.2, 0.25) is 0 Å². The van der Waals surface area contributed by atoms with Crippen LogP contribution in [0.4, 0.5) is 0 Å². The Morgan fingerprint density at radius 2 is 2.06 bits per heavy atom. The summed E-state index contributed by atoms with van der Waals surface area (Å²) in [6.07, 6.45) is 6.30. The Morgan fingerprint density at radius 3 is 2.75 bits per heavy atom. The third-order valence-electron chi connectivity index (χ3n) is 2.30. The van der Waals surface area contributed by atoms with Crippen molar-refractivity contribution in [2.75, 3.05) is 6.54 Å². The van der Waals surface area contributed by atoms with E-state index in [1.165, 1.54) is 0 Å². The van der Waals surface area contributed by atoms with Gasteiger partial charge in [0.05, 0.1) is 0 Å². The maximum Gasteiger partial charge on any atom is 0.251 e. The fourth-order valence-electron chi connectivity index (χ4n) is 1.48. The number of unbranched alkanes of at least 4 members (excludes halogenated alkanes) is 1. The largest absolute Gasteiger partial charge is 0.352 e. The molecule has 0 atom stereocenters. The van der Waals surface area contributed by atoms with Crippen molar-refractivity contribution in [3.8, 4) is 0 Å². The lowest BCUT2D eigenvalue weighted by Crippen LogP contribution is -2.23. The van der Waals surface area contributed by atoms with E-state index in [0.717, 1.165) is 24.0 Å². The van der Waals surface area contributed by atoms with Gasteiger partial charge in [-0.25, -0.2) is 0 Å². The van der Waals surface area contributed by atoms with Gasteiger partial charge in [-0.15, -0.1) is 0 Å². The standard InChI is InChI=1S/C14H19NO/c1-3-5-6-9-12-10-7-8-11-13(12)14(16)15-4-2/h6-11H,3-5H2,1-2H3,(H,15,16). The van der Waals surface area contributed by atoms with Gasteiger partial charge < -0.3 is 5.32 Å². The van der Waals surface area contributed by atoms with Crippen LogP contribution in [-0.2, 0) is 0 Å². The van der Waals surface area contributed by atoms with E-state index in [0.29, 0.717) is 6.54 Å². The number of carbonyl (C=O) groups is 1. The highest BCUT2D eigenvalue weighted by Crippen LogP contribution is 2.11. The molecule has 1 aromatic rings. The van der Waals surface area contributed by atoms with E-state index in [2.05, 4.69) is 18.3 Å². The van der Waals surface area contributed by atoms with Crippen molar-refractivity contribution in [2.45, 2.75) is 26.7 Å². The first-order valence-corrected chi connectivity index (χ1v) is 5.83. The van der Waals surface area contributed by atoms with Gasteiger partial charge in [0, 0.05) is 12.1 Å². The van der Waals surface area contributed by atoms with Crippen LogP contribution < -0.4 is 5.32 Å². The predicted molar refractivity (Wildman–Crippen MR) is 68.4 cm³/mol. The summed E-state index contributed by atoms with van der Waals surface area (Å²) in [5.74, 6) is -0.000696. The Balaban J connectivity index is 2.87. The molecule has 0 bridgehead atoms. The zero-order chi connectivity index (χ0) is 11.8. The molecule has 0 saturated carbocycles. The molecule has 0 fully saturated rings. The van der Waals surface area contributed by atoms with Crippen LogP contribution in [0, 0.1) is 0 Å². The molecule has 0 spiro atoms. The lowest BCUT2D eigenvalue weighted by atomic mass is 10.1. The summed E-state index contributed by atoms with van der Waals surface area (Å²) in [4.78, 5) is 11.8. The summed E-state index contributed by atoms with van der Waals surface area (Å²) in [5, 5.41) is 2.82. The number of amides is 1. The first kappa shape index (κ1) is 12.5. The summed E-state index contributed by atoms with van der Waals surface area (Å²) < 4.78 is 0. The van der Waals surface area contributed by atoms with Crippen LogP contribution >= 0.6 is 0 Å². The summed E-state index contributed by atoms with van der Waals surface area (Å²) in [6, 6.07) is 7.67. The molecule has 86 valence electrons. The number of nitrogens with one attached hydrogen (secondary N) is 1. The van der Waals surface area contributed by atoms with Crippen LogP contribution in [0.5, 0.6) is 0 Å². The maximum atomic E-state index is 11.8. The van der Waals surface area contributed by atoms with Crippen molar-refractivity contribution in [1.82, 2.24) is 5.32 Å². The Labute approximate surface area is 97.4 Å². The average Bonchev–Trinajstić information content (AvgIpc) is 2.30. The molecule has 2 nitrogen and oxygen atoms in total.